The minimum Gasteiger partial charge on any atom is -0.508 e. The maximum absolute atomic E-state index is 10.2. The third-order valence-corrected chi connectivity index (χ3v) is 6.83. The van der Waals surface area contributed by atoms with E-state index in [1.54, 1.807) is 13.2 Å². The van der Waals surface area contributed by atoms with E-state index in [0.717, 1.165) is 39.9 Å². The molecule has 4 heteroatoms. The number of phenolic OH excluding ortho intramolecular Hbond substituents is 1. The van der Waals surface area contributed by atoms with Crippen LogP contribution in [0.15, 0.2) is 52.9 Å². The number of nitrogens with zero attached hydrogens (tertiary/aromatic N) is 1. The fourth-order valence-corrected chi connectivity index (χ4v) is 6.03. The van der Waals surface area contributed by atoms with Crippen LogP contribution in [0.1, 0.15) is 40.0 Å². The highest BCUT2D eigenvalue weighted by Gasteiger charge is 2.53. The van der Waals surface area contributed by atoms with Gasteiger partial charge in [-0.1, -0.05) is 20.8 Å². The molecule has 2 fully saturated rings. The molecule has 0 amide bonds. The van der Waals surface area contributed by atoms with Crippen LogP contribution >= 0.6 is 0 Å². The molecule has 1 aromatic heterocycles. The lowest BCUT2D eigenvalue weighted by molar-refractivity contribution is 0.135. The second-order valence-electron chi connectivity index (χ2n) is 10.2. The second kappa shape index (κ2) is 6.63. The molecule has 0 unspecified atom stereocenters. The van der Waals surface area contributed by atoms with Gasteiger partial charge in [-0.15, -0.1) is 0 Å². The number of hydrogen-bond donors (Lipinski definition) is 1. The van der Waals surface area contributed by atoms with E-state index in [9.17, 15) is 5.11 Å². The molecule has 2 atom stereocenters. The van der Waals surface area contributed by atoms with Crippen molar-refractivity contribution < 1.29 is 14.3 Å². The molecule has 4 nitrogen and oxygen atoms in total. The highest BCUT2D eigenvalue weighted by Crippen LogP contribution is 2.50. The number of benzene rings is 2. The Kier molecular flexibility index (Phi) is 4.25. The fraction of sp³-hybridized carbons (Fsp3) is 0.423. The van der Waals surface area contributed by atoms with Gasteiger partial charge >= 0.3 is 0 Å². The van der Waals surface area contributed by atoms with E-state index in [0.29, 0.717) is 16.9 Å². The van der Waals surface area contributed by atoms with Gasteiger partial charge in [0.2, 0.25) is 5.36 Å². The minimum atomic E-state index is 0.268. The lowest BCUT2D eigenvalue weighted by Gasteiger charge is -2.36. The van der Waals surface area contributed by atoms with E-state index < -0.39 is 0 Å². The topological polar surface area (TPSA) is 45.6 Å². The lowest BCUT2D eigenvalue weighted by Crippen LogP contribution is -2.37. The minimum absolute atomic E-state index is 0.268. The molecule has 3 aromatic rings. The summed E-state index contributed by atoms with van der Waals surface area (Å²) in [5.74, 6) is 1.93. The summed E-state index contributed by atoms with van der Waals surface area (Å²) in [5.41, 5.74) is 2.48. The quantitative estimate of drug-likeness (QED) is 0.598. The fourth-order valence-electron chi connectivity index (χ4n) is 6.03. The van der Waals surface area contributed by atoms with E-state index >= 15 is 0 Å². The van der Waals surface area contributed by atoms with Gasteiger partial charge in [-0.2, -0.15) is 0 Å². The predicted molar refractivity (Wildman–Crippen MR) is 120 cm³/mol. The molecule has 1 aliphatic heterocycles. The smallest absolute Gasteiger partial charge is 0.215 e. The van der Waals surface area contributed by atoms with E-state index in [4.69, 9.17) is 9.15 Å². The molecule has 1 N–H and O–H groups in total. The van der Waals surface area contributed by atoms with Gasteiger partial charge in [0.25, 0.3) is 0 Å². The van der Waals surface area contributed by atoms with Crippen LogP contribution < -0.4 is 14.7 Å². The first-order valence-corrected chi connectivity index (χ1v) is 10.8. The summed E-state index contributed by atoms with van der Waals surface area (Å²) in [6, 6.07) is 16.0. The molecule has 156 valence electrons. The van der Waals surface area contributed by atoms with Crippen molar-refractivity contribution in [3.8, 4) is 22.8 Å². The molecule has 0 radical (unpaired) electrons. The number of aromatic hydroxyl groups is 1. The van der Waals surface area contributed by atoms with E-state index in [1.165, 1.54) is 19.3 Å². The molecule has 1 saturated carbocycles. The lowest BCUT2D eigenvalue weighted by atomic mass is 9.65. The average molecular weight is 405 g/mol. The molecular weight excluding hydrogens is 374 g/mol. The van der Waals surface area contributed by atoms with Crippen LogP contribution in [-0.2, 0) is 0 Å². The summed E-state index contributed by atoms with van der Waals surface area (Å²) in [4.78, 5) is 0. The monoisotopic (exact) mass is 404 g/mol. The predicted octanol–water partition coefficient (Wildman–Crippen LogP) is 5.18. The summed E-state index contributed by atoms with van der Waals surface area (Å²) in [7, 11) is 1.67. The molecule has 0 spiro atoms. The van der Waals surface area contributed by atoms with E-state index in [1.807, 2.05) is 36.4 Å². The Hall–Kier alpha value is -2.75. The SMILES string of the molecule is COc1ccc(-c2cc(=[N+]3C[C@@]4(C)C[C@@H]3CC(C)(C)C4)c3cc(O)ccc3o2)cc1. The highest BCUT2D eigenvalue weighted by atomic mass is 16.5. The van der Waals surface area contributed by atoms with E-state index in [-0.39, 0.29) is 5.75 Å². The van der Waals surface area contributed by atoms with Gasteiger partial charge in [-0.25, -0.2) is 4.58 Å². The Morgan fingerprint density at radius 2 is 1.80 bits per heavy atom. The van der Waals surface area contributed by atoms with Gasteiger partial charge in [0.15, 0.2) is 6.04 Å². The number of ether oxygens (including phenoxy) is 1. The van der Waals surface area contributed by atoms with Crippen molar-refractivity contribution >= 4 is 11.0 Å². The number of fused-ring (bicyclic) bond motifs is 3. The zero-order valence-electron chi connectivity index (χ0n) is 18.2. The zero-order valence-corrected chi connectivity index (χ0v) is 18.2. The maximum Gasteiger partial charge on any atom is 0.215 e. The van der Waals surface area contributed by atoms with Gasteiger partial charge < -0.3 is 14.3 Å². The van der Waals surface area contributed by atoms with Crippen molar-refractivity contribution in [1.29, 1.82) is 0 Å². The average Bonchev–Trinajstić information content (AvgIpc) is 2.95. The van der Waals surface area contributed by atoms with Gasteiger partial charge in [-0.05, 0) is 54.3 Å². The number of hydrogen-bond acceptors (Lipinski definition) is 3. The van der Waals surface area contributed by atoms with Crippen LogP contribution in [0.3, 0.4) is 0 Å². The molecule has 2 aromatic carbocycles. The third-order valence-electron chi connectivity index (χ3n) is 6.83. The summed E-state index contributed by atoms with van der Waals surface area (Å²) in [6.07, 6.45) is 3.66. The van der Waals surface area contributed by atoms with Gasteiger partial charge in [0.05, 0.1) is 18.6 Å². The number of rotatable bonds is 2. The van der Waals surface area contributed by atoms with Crippen molar-refractivity contribution in [3.05, 3.63) is 53.9 Å². The first-order valence-electron chi connectivity index (χ1n) is 10.8. The maximum atomic E-state index is 10.2. The van der Waals surface area contributed by atoms with Crippen molar-refractivity contribution in [2.45, 2.75) is 46.1 Å². The molecule has 2 heterocycles. The summed E-state index contributed by atoms with van der Waals surface area (Å²) in [5, 5.41) is 12.3. The molecule has 2 aliphatic rings. The number of methoxy groups -OCH3 is 1. The molecular formula is C26H30NO3+. The Morgan fingerprint density at radius 1 is 1.03 bits per heavy atom. The van der Waals surface area contributed by atoms with Crippen molar-refractivity contribution in [2.24, 2.45) is 10.8 Å². The van der Waals surface area contributed by atoms with Gasteiger partial charge in [0, 0.05) is 23.8 Å². The van der Waals surface area contributed by atoms with Crippen molar-refractivity contribution in [1.82, 2.24) is 4.58 Å². The summed E-state index contributed by atoms with van der Waals surface area (Å²) in [6.45, 7) is 8.26. The Labute approximate surface area is 177 Å². The first kappa shape index (κ1) is 19.2. The Morgan fingerprint density at radius 3 is 2.53 bits per heavy atom. The van der Waals surface area contributed by atoms with Gasteiger partial charge in [-0.3, -0.25) is 0 Å². The molecule has 2 bridgehead atoms. The molecule has 30 heavy (non-hydrogen) atoms. The van der Waals surface area contributed by atoms with Crippen LogP contribution in [0.5, 0.6) is 11.5 Å². The van der Waals surface area contributed by atoms with Crippen LogP contribution in [0.4, 0.5) is 0 Å². The highest BCUT2D eigenvalue weighted by molar-refractivity contribution is 5.80. The van der Waals surface area contributed by atoms with Crippen LogP contribution in [-0.4, -0.2) is 24.8 Å². The van der Waals surface area contributed by atoms with Crippen LogP contribution in [0.25, 0.3) is 22.3 Å². The first-order chi connectivity index (χ1) is 14.3. The van der Waals surface area contributed by atoms with Crippen molar-refractivity contribution in [3.63, 3.8) is 0 Å². The standard InChI is InChI=1S/C26H29NO3/c1-25(2)13-18-14-26(3,15-25)16-27(18)22-12-24(17-5-8-20(29-4)9-6-17)30-23-10-7-19(28)11-21(22)23/h5-12,18H,13-16H2,1-4H3/p+1/t18-,26-/m0/s1. The Balaban J connectivity index is 1.76. The third kappa shape index (κ3) is 3.28. The zero-order chi connectivity index (χ0) is 21.1. The largest absolute Gasteiger partial charge is 0.508 e. The molecule has 5 rings (SSSR count). The molecule has 1 aliphatic carbocycles. The second-order valence-corrected chi connectivity index (χ2v) is 10.2. The summed E-state index contributed by atoms with van der Waals surface area (Å²) < 4.78 is 14.1. The Bertz CT molecular complexity index is 1190. The van der Waals surface area contributed by atoms with Crippen molar-refractivity contribution in [2.75, 3.05) is 13.7 Å². The molecule has 1 saturated heterocycles. The van der Waals surface area contributed by atoms with Crippen LogP contribution in [0.2, 0.25) is 0 Å². The summed E-state index contributed by atoms with van der Waals surface area (Å²) >= 11 is 0. The number of phenols is 1. The van der Waals surface area contributed by atoms with Crippen LogP contribution in [0, 0.1) is 10.8 Å². The van der Waals surface area contributed by atoms with Gasteiger partial charge in [0.1, 0.15) is 29.4 Å². The normalized spacial score (nSPS) is 26.7. The van der Waals surface area contributed by atoms with E-state index in [2.05, 4.69) is 31.4 Å².